The van der Waals surface area contributed by atoms with Gasteiger partial charge in [-0.05, 0) is 37.7 Å². The molecule has 0 amide bonds. The molecule has 19 heavy (non-hydrogen) atoms. The molecule has 1 heterocycles. The Bertz CT molecular complexity index is 361. The topological polar surface area (TPSA) is 61.0 Å². The van der Waals surface area contributed by atoms with Gasteiger partial charge < -0.3 is 10.5 Å². The van der Waals surface area contributed by atoms with Gasteiger partial charge in [-0.1, -0.05) is 19.8 Å². The van der Waals surface area contributed by atoms with Gasteiger partial charge in [-0.2, -0.15) is 0 Å². The van der Waals surface area contributed by atoms with Gasteiger partial charge in [0.25, 0.3) is 0 Å². The van der Waals surface area contributed by atoms with Crippen molar-refractivity contribution < 1.29 is 4.74 Å². The van der Waals surface area contributed by atoms with Crippen molar-refractivity contribution in [3.63, 3.8) is 0 Å². The Hall–Kier alpha value is -1.00. The number of rotatable bonds is 6. The number of aromatic nitrogens is 2. The molecule has 0 spiro atoms. The van der Waals surface area contributed by atoms with E-state index in [9.17, 15) is 0 Å². The molecule has 0 atom stereocenters. The molecular formula is C15H25N3O. The van der Waals surface area contributed by atoms with E-state index in [2.05, 4.69) is 16.9 Å². The Morgan fingerprint density at radius 3 is 2.58 bits per heavy atom. The first-order chi connectivity index (χ1) is 9.28. The summed E-state index contributed by atoms with van der Waals surface area (Å²) in [6.07, 6.45) is 10.7. The van der Waals surface area contributed by atoms with Gasteiger partial charge in [0.1, 0.15) is 6.61 Å². The molecule has 4 nitrogen and oxygen atoms in total. The molecule has 1 aliphatic carbocycles. The van der Waals surface area contributed by atoms with Crippen LogP contribution >= 0.6 is 0 Å². The van der Waals surface area contributed by atoms with Crippen molar-refractivity contribution in [3.8, 4) is 0 Å². The lowest BCUT2D eigenvalue weighted by molar-refractivity contribution is -0.0837. The second-order valence-electron chi connectivity index (χ2n) is 5.57. The zero-order valence-corrected chi connectivity index (χ0v) is 11.8. The summed E-state index contributed by atoms with van der Waals surface area (Å²) >= 11 is 0. The Kier molecular flexibility index (Phi) is 5.28. The van der Waals surface area contributed by atoms with Crippen LogP contribution in [-0.2, 0) is 11.3 Å². The van der Waals surface area contributed by atoms with Gasteiger partial charge in [0.15, 0.2) is 5.82 Å². The molecule has 0 bridgehead atoms. The second kappa shape index (κ2) is 6.96. The molecule has 0 radical (unpaired) electrons. The smallest absolute Gasteiger partial charge is 0.153 e. The molecule has 106 valence electrons. The van der Waals surface area contributed by atoms with E-state index in [1.54, 1.807) is 12.4 Å². The van der Waals surface area contributed by atoms with Crippen molar-refractivity contribution in [3.05, 3.63) is 24.3 Å². The first kappa shape index (κ1) is 14.4. The molecule has 1 saturated carbocycles. The number of nitrogens with two attached hydrogens (primary N) is 1. The standard InChI is InChI=1S/C15H25N3O/c1-2-4-13-5-7-15(12-16,8-6-13)19-11-14-17-9-3-10-18-14/h3,9-10,13H,2,4-8,11-12,16H2,1H3. The highest BCUT2D eigenvalue weighted by molar-refractivity contribution is 4.91. The van der Waals surface area contributed by atoms with Crippen molar-refractivity contribution in [2.75, 3.05) is 6.54 Å². The molecule has 1 fully saturated rings. The Labute approximate surface area is 115 Å². The first-order valence-electron chi connectivity index (χ1n) is 7.38. The van der Waals surface area contributed by atoms with Crippen LogP contribution in [0.5, 0.6) is 0 Å². The molecule has 1 aromatic heterocycles. The minimum Gasteiger partial charge on any atom is -0.366 e. The van der Waals surface area contributed by atoms with Crippen molar-refractivity contribution in [2.24, 2.45) is 11.7 Å². The van der Waals surface area contributed by atoms with E-state index in [-0.39, 0.29) is 5.60 Å². The lowest BCUT2D eigenvalue weighted by Gasteiger charge is -2.39. The van der Waals surface area contributed by atoms with Crippen LogP contribution < -0.4 is 5.73 Å². The third-order valence-electron chi connectivity index (χ3n) is 4.21. The molecule has 0 aromatic carbocycles. The third kappa shape index (κ3) is 3.98. The predicted octanol–water partition coefficient (Wildman–Crippen LogP) is 2.68. The average molecular weight is 263 g/mol. The molecular weight excluding hydrogens is 238 g/mol. The molecule has 0 saturated heterocycles. The molecule has 0 unspecified atom stereocenters. The lowest BCUT2D eigenvalue weighted by atomic mass is 9.77. The fourth-order valence-electron chi connectivity index (χ4n) is 2.93. The van der Waals surface area contributed by atoms with E-state index in [1.807, 2.05) is 6.07 Å². The van der Waals surface area contributed by atoms with E-state index in [0.29, 0.717) is 13.2 Å². The van der Waals surface area contributed by atoms with Crippen LogP contribution in [0.4, 0.5) is 0 Å². The van der Waals surface area contributed by atoms with Gasteiger partial charge >= 0.3 is 0 Å². The maximum absolute atomic E-state index is 6.08. The lowest BCUT2D eigenvalue weighted by Crippen LogP contribution is -2.44. The van der Waals surface area contributed by atoms with Crippen LogP contribution in [0.25, 0.3) is 0 Å². The third-order valence-corrected chi connectivity index (χ3v) is 4.21. The molecule has 0 aliphatic heterocycles. The molecule has 1 aliphatic rings. The summed E-state index contributed by atoms with van der Waals surface area (Å²) in [5.74, 6) is 1.60. The van der Waals surface area contributed by atoms with Crippen LogP contribution in [0.15, 0.2) is 18.5 Å². The molecule has 4 heteroatoms. The fraction of sp³-hybridized carbons (Fsp3) is 0.733. The highest BCUT2D eigenvalue weighted by Gasteiger charge is 2.34. The van der Waals surface area contributed by atoms with Crippen LogP contribution in [0.3, 0.4) is 0 Å². The summed E-state index contributed by atoms with van der Waals surface area (Å²) in [7, 11) is 0. The van der Waals surface area contributed by atoms with Crippen molar-refractivity contribution in [1.82, 2.24) is 9.97 Å². The van der Waals surface area contributed by atoms with Crippen molar-refractivity contribution in [2.45, 2.75) is 57.7 Å². The normalized spacial score (nSPS) is 27.4. The Morgan fingerprint density at radius 1 is 1.32 bits per heavy atom. The fourth-order valence-corrected chi connectivity index (χ4v) is 2.93. The Morgan fingerprint density at radius 2 is 2.00 bits per heavy atom. The van der Waals surface area contributed by atoms with Crippen LogP contribution in [-0.4, -0.2) is 22.1 Å². The maximum Gasteiger partial charge on any atom is 0.153 e. The van der Waals surface area contributed by atoms with Crippen LogP contribution in [0, 0.1) is 5.92 Å². The minimum atomic E-state index is -0.149. The zero-order valence-electron chi connectivity index (χ0n) is 11.8. The van der Waals surface area contributed by atoms with Crippen molar-refractivity contribution in [1.29, 1.82) is 0 Å². The minimum absolute atomic E-state index is 0.149. The number of ether oxygens (including phenoxy) is 1. The monoisotopic (exact) mass is 263 g/mol. The average Bonchev–Trinajstić information content (AvgIpc) is 2.48. The van der Waals surface area contributed by atoms with E-state index in [1.165, 1.54) is 25.7 Å². The number of hydrogen-bond donors (Lipinski definition) is 1. The highest BCUT2D eigenvalue weighted by atomic mass is 16.5. The van der Waals surface area contributed by atoms with Gasteiger partial charge in [0.05, 0.1) is 5.60 Å². The highest BCUT2D eigenvalue weighted by Crippen LogP contribution is 2.36. The first-order valence-corrected chi connectivity index (χ1v) is 7.38. The summed E-state index contributed by atoms with van der Waals surface area (Å²) < 4.78 is 6.08. The number of hydrogen-bond acceptors (Lipinski definition) is 4. The summed E-state index contributed by atoms with van der Waals surface area (Å²) in [4.78, 5) is 8.39. The predicted molar refractivity (Wildman–Crippen MR) is 75.5 cm³/mol. The van der Waals surface area contributed by atoms with Crippen LogP contribution in [0.1, 0.15) is 51.3 Å². The summed E-state index contributed by atoms with van der Waals surface area (Å²) in [6.45, 7) is 3.32. The van der Waals surface area contributed by atoms with E-state index >= 15 is 0 Å². The quantitative estimate of drug-likeness (QED) is 0.857. The van der Waals surface area contributed by atoms with Crippen LogP contribution in [0.2, 0.25) is 0 Å². The summed E-state index contributed by atoms with van der Waals surface area (Å²) in [6, 6.07) is 1.82. The zero-order chi connectivity index (χ0) is 13.6. The Balaban J connectivity index is 1.86. The maximum atomic E-state index is 6.08. The van der Waals surface area contributed by atoms with E-state index < -0.39 is 0 Å². The summed E-state index contributed by atoms with van der Waals surface area (Å²) in [5, 5.41) is 0. The van der Waals surface area contributed by atoms with Gasteiger partial charge in [-0.25, -0.2) is 9.97 Å². The van der Waals surface area contributed by atoms with Gasteiger partial charge in [-0.15, -0.1) is 0 Å². The van der Waals surface area contributed by atoms with Crippen molar-refractivity contribution >= 4 is 0 Å². The van der Waals surface area contributed by atoms with E-state index in [0.717, 1.165) is 24.6 Å². The second-order valence-corrected chi connectivity index (χ2v) is 5.57. The summed E-state index contributed by atoms with van der Waals surface area (Å²) in [5.41, 5.74) is 5.81. The van der Waals surface area contributed by atoms with E-state index in [4.69, 9.17) is 10.5 Å². The number of nitrogens with zero attached hydrogens (tertiary/aromatic N) is 2. The van der Waals surface area contributed by atoms with Gasteiger partial charge in [0.2, 0.25) is 0 Å². The molecule has 2 rings (SSSR count). The largest absolute Gasteiger partial charge is 0.366 e. The van der Waals surface area contributed by atoms with Gasteiger partial charge in [0, 0.05) is 18.9 Å². The molecule has 1 aromatic rings. The molecule has 2 N–H and O–H groups in total. The van der Waals surface area contributed by atoms with Gasteiger partial charge in [-0.3, -0.25) is 0 Å². The SMILES string of the molecule is CCCC1CCC(CN)(OCc2ncccn2)CC1.